The predicted octanol–water partition coefficient (Wildman–Crippen LogP) is 2.23. The zero-order valence-electron chi connectivity index (χ0n) is 12.7. The second kappa shape index (κ2) is 5.13. The minimum absolute atomic E-state index is 0.345. The number of benzene rings is 1. The maximum atomic E-state index is 12.6. The summed E-state index contributed by atoms with van der Waals surface area (Å²) in [5, 5.41) is 0. The largest absolute Gasteiger partial charge is 0.326 e. The van der Waals surface area contributed by atoms with Gasteiger partial charge in [-0.05, 0) is 69.2 Å². The number of rotatable bonds is 5. The first-order valence-electron chi connectivity index (χ1n) is 7.01. The molecule has 5 heteroatoms. The van der Waals surface area contributed by atoms with Gasteiger partial charge in [0.05, 0.1) is 4.90 Å². The first-order chi connectivity index (χ1) is 9.17. The summed E-state index contributed by atoms with van der Waals surface area (Å²) in [4.78, 5) is 0.345. The first-order valence-corrected chi connectivity index (χ1v) is 8.50. The van der Waals surface area contributed by atoms with E-state index in [1.54, 1.807) is 6.07 Å². The van der Waals surface area contributed by atoms with E-state index in [4.69, 9.17) is 5.73 Å². The molecule has 0 heterocycles. The summed E-state index contributed by atoms with van der Waals surface area (Å²) in [6.45, 7) is 8.03. The van der Waals surface area contributed by atoms with E-state index in [2.05, 4.69) is 4.72 Å². The van der Waals surface area contributed by atoms with Crippen LogP contribution in [-0.2, 0) is 16.6 Å². The van der Waals surface area contributed by atoms with Crippen molar-refractivity contribution in [1.29, 1.82) is 0 Å². The van der Waals surface area contributed by atoms with Gasteiger partial charge in [0.2, 0.25) is 10.0 Å². The summed E-state index contributed by atoms with van der Waals surface area (Å²) in [5.74, 6) is 0.442. The molecule has 0 atom stereocenters. The molecule has 0 aromatic heterocycles. The molecular formula is C15H24N2O2S. The Hall–Kier alpha value is -0.910. The van der Waals surface area contributed by atoms with Crippen LogP contribution in [0, 0.1) is 19.8 Å². The molecule has 0 saturated heterocycles. The second-order valence-electron chi connectivity index (χ2n) is 6.35. The topological polar surface area (TPSA) is 72.2 Å². The molecule has 1 aromatic carbocycles. The molecule has 1 aromatic rings. The fourth-order valence-corrected chi connectivity index (χ4v) is 4.42. The SMILES string of the molecule is Cc1cc(C)c(S(=O)(=O)NC(C)(C)C2CC2)cc1CN. The number of nitrogens with two attached hydrogens (primary N) is 1. The lowest BCUT2D eigenvalue weighted by atomic mass is 10.0. The zero-order valence-corrected chi connectivity index (χ0v) is 13.5. The molecule has 0 spiro atoms. The predicted molar refractivity (Wildman–Crippen MR) is 80.9 cm³/mol. The molecule has 0 amide bonds. The van der Waals surface area contributed by atoms with E-state index in [0.717, 1.165) is 29.5 Å². The molecule has 4 nitrogen and oxygen atoms in total. The van der Waals surface area contributed by atoms with Crippen molar-refractivity contribution in [1.82, 2.24) is 4.72 Å². The fourth-order valence-electron chi connectivity index (χ4n) is 2.67. The minimum atomic E-state index is -3.51. The van der Waals surface area contributed by atoms with Gasteiger partial charge in [0.25, 0.3) is 0 Å². The lowest BCUT2D eigenvalue weighted by Crippen LogP contribution is -2.45. The minimum Gasteiger partial charge on any atom is -0.326 e. The fraction of sp³-hybridized carbons (Fsp3) is 0.600. The number of hydrogen-bond acceptors (Lipinski definition) is 3. The van der Waals surface area contributed by atoms with Crippen molar-refractivity contribution >= 4 is 10.0 Å². The molecular weight excluding hydrogens is 272 g/mol. The molecule has 0 aliphatic heterocycles. The average molecular weight is 296 g/mol. The number of nitrogens with one attached hydrogen (secondary N) is 1. The average Bonchev–Trinajstić information content (AvgIpc) is 3.10. The first kappa shape index (κ1) is 15.5. The third-order valence-corrected chi connectivity index (χ3v) is 5.95. The molecule has 0 radical (unpaired) electrons. The van der Waals surface area contributed by atoms with Crippen LogP contribution in [0.25, 0.3) is 0 Å². The van der Waals surface area contributed by atoms with E-state index >= 15 is 0 Å². The molecule has 1 saturated carbocycles. The lowest BCUT2D eigenvalue weighted by Gasteiger charge is -2.26. The molecule has 0 bridgehead atoms. The van der Waals surface area contributed by atoms with E-state index in [1.807, 2.05) is 33.8 Å². The lowest BCUT2D eigenvalue weighted by molar-refractivity contribution is 0.400. The van der Waals surface area contributed by atoms with E-state index in [-0.39, 0.29) is 5.54 Å². The van der Waals surface area contributed by atoms with Gasteiger partial charge in [0, 0.05) is 12.1 Å². The van der Waals surface area contributed by atoms with E-state index in [9.17, 15) is 8.42 Å². The molecule has 1 aliphatic rings. The smallest absolute Gasteiger partial charge is 0.241 e. The third-order valence-electron chi connectivity index (χ3n) is 4.14. The molecule has 3 N–H and O–H groups in total. The second-order valence-corrected chi connectivity index (χ2v) is 8.00. The van der Waals surface area contributed by atoms with Crippen LogP contribution in [-0.4, -0.2) is 14.0 Å². The Morgan fingerprint density at radius 3 is 2.35 bits per heavy atom. The molecule has 1 fully saturated rings. The van der Waals surface area contributed by atoms with Gasteiger partial charge in [0.1, 0.15) is 0 Å². The Balaban J connectivity index is 2.38. The van der Waals surface area contributed by atoms with Crippen LogP contribution in [0.15, 0.2) is 17.0 Å². The Kier molecular flexibility index (Phi) is 3.97. The monoisotopic (exact) mass is 296 g/mol. The van der Waals surface area contributed by atoms with Gasteiger partial charge in [-0.2, -0.15) is 0 Å². The van der Waals surface area contributed by atoms with Crippen LogP contribution in [0.3, 0.4) is 0 Å². The van der Waals surface area contributed by atoms with Crippen LogP contribution in [0.4, 0.5) is 0 Å². The van der Waals surface area contributed by atoms with Crippen LogP contribution in [0.2, 0.25) is 0 Å². The van der Waals surface area contributed by atoms with Crippen molar-refractivity contribution in [2.45, 2.75) is 57.5 Å². The van der Waals surface area contributed by atoms with Crippen molar-refractivity contribution in [3.05, 3.63) is 28.8 Å². The van der Waals surface area contributed by atoms with E-state index in [0.29, 0.717) is 17.4 Å². The quantitative estimate of drug-likeness (QED) is 0.875. The Morgan fingerprint density at radius 1 is 1.25 bits per heavy atom. The summed E-state index contributed by atoms with van der Waals surface area (Å²) >= 11 is 0. The normalized spacial score (nSPS) is 16.4. The van der Waals surface area contributed by atoms with Gasteiger partial charge < -0.3 is 5.73 Å². The highest BCUT2D eigenvalue weighted by molar-refractivity contribution is 7.89. The maximum absolute atomic E-state index is 12.6. The Morgan fingerprint density at radius 2 is 1.85 bits per heavy atom. The summed E-state index contributed by atoms with van der Waals surface area (Å²) in [6, 6.07) is 3.59. The zero-order chi connectivity index (χ0) is 15.1. The number of hydrogen-bond donors (Lipinski definition) is 2. The summed E-state index contributed by atoms with van der Waals surface area (Å²) in [5.41, 5.74) is 7.96. The number of sulfonamides is 1. The van der Waals surface area contributed by atoms with Crippen molar-refractivity contribution in [2.75, 3.05) is 0 Å². The molecule has 1 aliphatic carbocycles. The highest BCUT2D eigenvalue weighted by Crippen LogP contribution is 2.40. The number of aryl methyl sites for hydroxylation is 2. The molecule has 0 unspecified atom stereocenters. The van der Waals surface area contributed by atoms with Crippen molar-refractivity contribution in [3.63, 3.8) is 0 Å². The van der Waals surface area contributed by atoms with Gasteiger partial charge >= 0.3 is 0 Å². The standard InChI is InChI=1S/C15H24N2O2S/c1-10-7-11(2)14(8-12(10)9-16)20(18,19)17-15(3,4)13-5-6-13/h7-8,13,17H,5-6,9,16H2,1-4H3. The maximum Gasteiger partial charge on any atom is 0.241 e. The highest BCUT2D eigenvalue weighted by Gasteiger charge is 2.40. The Labute approximate surface area is 121 Å². The van der Waals surface area contributed by atoms with Crippen molar-refractivity contribution < 1.29 is 8.42 Å². The van der Waals surface area contributed by atoms with Crippen molar-refractivity contribution in [3.8, 4) is 0 Å². The van der Waals surface area contributed by atoms with Crippen LogP contribution >= 0.6 is 0 Å². The third kappa shape index (κ3) is 3.05. The van der Waals surface area contributed by atoms with Gasteiger partial charge in [0.15, 0.2) is 0 Å². The van der Waals surface area contributed by atoms with Gasteiger partial charge in [-0.3, -0.25) is 0 Å². The van der Waals surface area contributed by atoms with Crippen molar-refractivity contribution in [2.24, 2.45) is 11.7 Å². The summed E-state index contributed by atoms with van der Waals surface area (Å²) in [6.07, 6.45) is 2.19. The van der Waals surface area contributed by atoms with Gasteiger partial charge in [-0.1, -0.05) is 6.07 Å². The Bertz CT molecular complexity index is 617. The van der Waals surface area contributed by atoms with Gasteiger partial charge in [-0.15, -0.1) is 0 Å². The van der Waals surface area contributed by atoms with E-state index in [1.165, 1.54) is 0 Å². The van der Waals surface area contributed by atoms with Crippen LogP contribution < -0.4 is 10.5 Å². The van der Waals surface area contributed by atoms with Crippen LogP contribution in [0.1, 0.15) is 43.4 Å². The molecule has 112 valence electrons. The van der Waals surface area contributed by atoms with E-state index < -0.39 is 10.0 Å². The summed E-state index contributed by atoms with van der Waals surface area (Å²) in [7, 11) is -3.51. The highest BCUT2D eigenvalue weighted by atomic mass is 32.2. The van der Waals surface area contributed by atoms with Crippen LogP contribution in [0.5, 0.6) is 0 Å². The van der Waals surface area contributed by atoms with Gasteiger partial charge in [-0.25, -0.2) is 13.1 Å². The molecule has 20 heavy (non-hydrogen) atoms. The molecule has 2 rings (SSSR count). The summed E-state index contributed by atoms with van der Waals surface area (Å²) < 4.78 is 28.1.